The Kier molecular flexibility index (Phi) is 6.19. The van der Waals surface area contributed by atoms with Crippen LogP contribution in [0.3, 0.4) is 0 Å². The van der Waals surface area contributed by atoms with Crippen LogP contribution in [0.4, 0.5) is 0 Å². The molecule has 0 amide bonds. The van der Waals surface area contributed by atoms with Crippen LogP contribution >= 0.6 is 0 Å². The molecule has 3 aromatic carbocycles. The predicted octanol–water partition coefficient (Wildman–Crippen LogP) is 5.36. The number of rotatable bonds is 7. The Morgan fingerprint density at radius 3 is 2.23 bits per heavy atom. The molecule has 0 spiro atoms. The fraction of sp³-hybridized carbons (Fsp3) is 0.222. The second kappa shape index (κ2) is 9.19. The van der Waals surface area contributed by atoms with Crippen molar-refractivity contribution >= 4 is 10.8 Å². The summed E-state index contributed by atoms with van der Waals surface area (Å²) in [5.74, 6) is 1.01. The van der Waals surface area contributed by atoms with Crippen LogP contribution in [0.1, 0.15) is 25.1 Å². The van der Waals surface area contributed by atoms with Gasteiger partial charge in [0.1, 0.15) is 12.4 Å². The molecule has 0 aliphatic carbocycles. The summed E-state index contributed by atoms with van der Waals surface area (Å²) in [6, 6.07) is 25.9. The Hall–Kier alpha value is -3.37. The van der Waals surface area contributed by atoms with E-state index in [-0.39, 0.29) is 5.56 Å². The average molecular weight is 413 g/mol. The Morgan fingerprint density at radius 1 is 0.903 bits per heavy atom. The maximum Gasteiger partial charge on any atom is 0.258 e. The molecule has 0 aliphatic rings. The smallest absolute Gasteiger partial charge is 0.258 e. The molecule has 2 N–H and O–H groups in total. The monoisotopic (exact) mass is 412 g/mol. The highest BCUT2D eigenvalue weighted by molar-refractivity contribution is 5.98. The topological polar surface area (TPSA) is 57.2 Å². The third kappa shape index (κ3) is 4.39. The SMILES string of the molecule is CC(C)Cn1c(CN)c(-c2ccccc2)c2ccc(OCc3ccccc3)cc2c1=O. The molecule has 0 saturated carbocycles. The summed E-state index contributed by atoms with van der Waals surface area (Å²) in [7, 11) is 0. The van der Waals surface area contributed by atoms with Crippen LogP contribution in [-0.2, 0) is 19.7 Å². The molecule has 0 radical (unpaired) electrons. The van der Waals surface area contributed by atoms with Gasteiger partial charge in [0.2, 0.25) is 0 Å². The largest absolute Gasteiger partial charge is 0.489 e. The minimum absolute atomic E-state index is 0.0195. The van der Waals surface area contributed by atoms with E-state index in [0.717, 1.165) is 27.8 Å². The van der Waals surface area contributed by atoms with E-state index < -0.39 is 0 Å². The second-order valence-electron chi connectivity index (χ2n) is 8.18. The first-order valence-electron chi connectivity index (χ1n) is 10.7. The Balaban J connectivity index is 1.88. The van der Waals surface area contributed by atoms with E-state index in [2.05, 4.69) is 26.0 Å². The zero-order valence-corrected chi connectivity index (χ0v) is 18.0. The second-order valence-corrected chi connectivity index (χ2v) is 8.18. The molecule has 4 heteroatoms. The van der Waals surface area contributed by atoms with Gasteiger partial charge in [-0.05, 0) is 40.6 Å². The van der Waals surface area contributed by atoms with E-state index in [0.29, 0.717) is 36.8 Å². The van der Waals surface area contributed by atoms with Crippen LogP contribution in [0.15, 0.2) is 83.7 Å². The molecular formula is C27H28N2O2. The van der Waals surface area contributed by atoms with Gasteiger partial charge in [0.05, 0.1) is 5.39 Å². The van der Waals surface area contributed by atoms with Gasteiger partial charge in [-0.1, -0.05) is 74.5 Å². The summed E-state index contributed by atoms with van der Waals surface area (Å²) in [6.45, 7) is 5.60. The van der Waals surface area contributed by atoms with Crippen molar-refractivity contribution in [1.82, 2.24) is 4.57 Å². The van der Waals surface area contributed by atoms with Gasteiger partial charge in [-0.25, -0.2) is 0 Å². The van der Waals surface area contributed by atoms with E-state index in [1.165, 1.54) is 0 Å². The highest BCUT2D eigenvalue weighted by Gasteiger charge is 2.18. The summed E-state index contributed by atoms with van der Waals surface area (Å²) < 4.78 is 7.85. The van der Waals surface area contributed by atoms with E-state index in [4.69, 9.17) is 10.5 Å². The van der Waals surface area contributed by atoms with Crippen molar-refractivity contribution < 1.29 is 4.74 Å². The molecule has 0 saturated heterocycles. The number of nitrogens with two attached hydrogens (primary N) is 1. The van der Waals surface area contributed by atoms with Gasteiger partial charge < -0.3 is 15.0 Å². The first-order chi connectivity index (χ1) is 15.1. The van der Waals surface area contributed by atoms with Gasteiger partial charge in [-0.2, -0.15) is 0 Å². The fourth-order valence-corrected chi connectivity index (χ4v) is 4.00. The highest BCUT2D eigenvalue weighted by atomic mass is 16.5. The number of hydrogen-bond acceptors (Lipinski definition) is 3. The lowest BCUT2D eigenvalue weighted by Gasteiger charge is -2.21. The van der Waals surface area contributed by atoms with E-state index in [1.54, 1.807) is 0 Å². The maximum absolute atomic E-state index is 13.5. The van der Waals surface area contributed by atoms with Gasteiger partial charge in [-0.3, -0.25) is 4.79 Å². The number of benzene rings is 3. The number of pyridine rings is 1. The zero-order valence-electron chi connectivity index (χ0n) is 18.0. The van der Waals surface area contributed by atoms with Gasteiger partial charge in [0, 0.05) is 24.3 Å². The molecule has 0 aliphatic heterocycles. The first kappa shape index (κ1) is 20.9. The van der Waals surface area contributed by atoms with Crippen LogP contribution in [0.25, 0.3) is 21.9 Å². The van der Waals surface area contributed by atoms with Gasteiger partial charge >= 0.3 is 0 Å². The molecule has 0 unspecified atom stereocenters. The van der Waals surface area contributed by atoms with E-state index >= 15 is 0 Å². The Bertz CT molecular complexity index is 1230. The third-order valence-corrected chi connectivity index (χ3v) is 5.40. The summed E-state index contributed by atoms with van der Waals surface area (Å²) in [5.41, 5.74) is 10.2. The lowest BCUT2D eigenvalue weighted by molar-refractivity contribution is 0.306. The molecule has 0 bridgehead atoms. The Labute approximate surface area is 182 Å². The molecule has 31 heavy (non-hydrogen) atoms. The molecule has 4 nitrogen and oxygen atoms in total. The molecule has 1 aromatic heterocycles. The minimum Gasteiger partial charge on any atom is -0.489 e. The van der Waals surface area contributed by atoms with Crippen molar-refractivity contribution in [2.24, 2.45) is 11.7 Å². The van der Waals surface area contributed by atoms with Crippen LogP contribution in [0.5, 0.6) is 5.75 Å². The highest BCUT2D eigenvalue weighted by Crippen LogP contribution is 2.32. The number of nitrogens with zero attached hydrogens (tertiary/aromatic N) is 1. The minimum atomic E-state index is -0.0195. The number of aromatic nitrogens is 1. The predicted molar refractivity (Wildman–Crippen MR) is 127 cm³/mol. The van der Waals surface area contributed by atoms with Crippen molar-refractivity contribution in [2.45, 2.75) is 33.5 Å². The summed E-state index contributed by atoms with van der Waals surface area (Å²) in [6.07, 6.45) is 0. The number of fused-ring (bicyclic) bond motifs is 1. The van der Waals surface area contributed by atoms with Crippen LogP contribution in [0, 0.1) is 5.92 Å². The lowest BCUT2D eigenvalue weighted by atomic mass is 9.96. The Morgan fingerprint density at radius 2 is 1.58 bits per heavy atom. The quantitative estimate of drug-likeness (QED) is 0.444. The average Bonchev–Trinajstić information content (AvgIpc) is 2.80. The molecule has 0 atom stereocenters. The number of hydrogen-bond donors (Lipinski definition) is 1. The molecule has 4 rings (SSSR count). The van der Waals surface area contributed by atoms with Crippen molar-refractivity contribution in [3.8, 4) is 16.9 Å². The van der Waals surface area contributed by atoms with Crippen LogP contribution in [0.2, 0.25) is 0 Å². The summed E-state index contributed by atoms with van der Waals surface area (Å²) in [5, 5.41) is 1.56. The van der Waals surface area contributed by atoms with Crippen molar-refractivity contribution in [1.29, 1.82) is 0 Å². The first-order valence-corrected chi connectivity index (χ1v) is 10.7. The van der Waals surface area contributed by atoms with Crippen LogP contribution < -0.4 is 16.0 Å². The van der Waals surface area contributed by atoms with Crippen LogP contribution in [-0.4, -0.2) is 4.57 Å². The van der Waals surface area contributed by atoms with E-state index in [1.807, 2.05) is 71.3 Å². The summed E-state index contributed by atoms with van der Waals surface area (Å²) in [4.78, 5) is 13.5. The van der Waals surface area contributed by atoms with Gasteiger partial charge in [0.15, 0.2) is 0 Å². The fourth-order valence-electron chi connectivity index (χ4n) is 4.00. The standard InChI is InChI=1S/C27H28N2O2/c1-19(2)17-29-25(16-28)26(21-11-7-4-8-12-21)23-14-13-22(15-24(23)27(29)30)31-18-20-9-5-3-6-10-20/h3-15,19H,16-18,28H2,1-2H3. The molecule has 0 fully saturated rings. The maximum atomic E-state index is 13.5. The molecule has 4 aromatic rings. The van der Waals surface area contributed by atoms with Gasteiger partial charge in [-0.15, -0.1) is 0 Å². The normalized spacial score (nSPS) is 11.2. The lowest BCUT2D eigenvalue weighted by Crippen LogP contribution is -2.28. The van der Waals surface area contributed by atoms with Crippen molar-refractivity contribution in [2.75, 3.05) is 0 Å². The number of ether oxygens (including phenoxy) is 1. The third-order valence-electron chi connectivity index (χ3n) is 5.40. The van der Waals surface area contributed by atoms with Gasteiger partial charge in [0.25, 0.3) is 5.56 Å². The van der Waals surface area contributed by atoms with Crippen molar-refractivity contribution in [3.63, 3.8) is 0 Å². The summed E-state index contributed by atoms with van der Waals surface area (Å²) >= 11 is 0. The molecular weight excluding hydrogens is 384 g/mol. The van der Waals surface area contributed by atoms with E-state index in [9.17, 15) is 4.79 Å². The zero-order chi connectivity index (χ0) is 21.8. The molecule has 1 heterocycles. The van der Waals surface area contributed by atoms with Crippen molar-refractivity contribution in [3.05, 3.63) is 100 Å². The molecule has 158 valence electrons.